The van der Waals surface area contributed by atoms with Gasteiger partial charge in [-0.1, -0.05) is 12.1 Å². The Morgan fingerprint density at radius 3 is 2.22 bits per heavy atom. The predicted octanol–water partition coefficient (Wildman–Crippen LogP) is 3.76. The molecule has 2 nitrogen and oxygen atoms in total. The number of carbonyl (C=O) groups is 1. The average molecular weight is 254 g/mol. The summed E-state index contributed by atoms with van der Waals surface area (Å²) >= 11 is 0. The number of alkyl halides is 2. The van der Waals surface area contributed by atoms with Crippen molar-refractivity contribution in [2.75, 3.05) is 0 Å². The Morgan fingerprint density at radius 1 is 1.11 bits per heavy atom. The van der Waals surface area contributed by atoms with Gasteiger partial charge in [-0.15, -0.1) is 0 Å². The Balaban J connectivity index is 1.95. The molecule has 0 N–H and O–H groups in total. The molecule has 0 atom stereocenters. The van der Waals surface area contributed by atoms with Crippen LogP contribution in [0.4, 0.5) is 8.78 Å². The average Bonchev–Trinajstić information content (AvgIpc) is 2.39. The van der Waals surface area contributed by atoms with E-state index in [4.69, 9.17) is 0 Å². The molecule has 0 heterocycles. The van der Waals surface area contributed by atoms with Crippen molar-refractivity contribution < 1.29 is 18.3 Å². The SMILES string of the molecule is O=CC1CCC(c2ccc(OC(F)F)cc2)CC1. The van der Waals surface area contributed by atoms with Crippen molar-refractivity contribution in [2.45, 2.75) is 38.2 Å². The lowest BCUT2D eigenvalue weighted by molar-refractivity contribution is -0.111. The van der Waals surface area contributed by atoms with Crippen molar-refractivity contribution in [3.8, 4) is 5.75 Å². The second-order valence-electron chi connectivity index (χ2n) is 4.70. The van der Waals surface area contributed by atoms with Crippen LogP contribution in [0.1, 0.15) is 37.2 Å². The van der Waals surface area contributed by atoms with Crippen LogP contribution in [-0.2, 0) is 4.79 Å². The molecule has 0 aliphatic heterocycles. The molecule has 0 bridgehead atoms. The van der Waals surface area contributed by atoms with Crippen molar-refractivity contribution in [3.05, 3.63) is 29.8 Å². The van der Waals surface area contributed by atoms with E-state index in [1.807, 2.05) is 12.1 Å². The molecule has 0 unspecified atom stereocenters. The van der Waals surface area contributed by atoms with E-state index in [1.54, 1.807) is 12.1 Å². The fourth-order valence-corrected chi connectivity index (χ4v) is 2.51. The Hall–Kier alpha value is -1.45. The molecule has 1 aliphatic rings. The van der Waals surface area contributed by atoms with Crippen LogP contribution in [0.3, 0.4) is 0 Å². The zero-order valence-corrected chi connectivity index (χ0v) is 10.0. The molecule has 0 saturated heterocycles. The second kappa shape index (κ2) is 5.94. The Labute approximate surface area is 105 Å². The molecule has 2 rings (SSSR count). The first-order valence-electron chi connectivity index (χ1n) is 6.19. The topological polar surface area (TPSA) is 26.3 Å². The standard InChI is InChI=1S/C14H16F2O2/c15-14(16)18-13-7-5-12(6-8-13)11-3-1-10(9-17)2-4-11/h5-11,14H,1-4H2. The first-order chi connectivity index (χ1) is 8.69. The number of rotatable bonds is 4. The van der Waals surface area contributed by atoms with Crippen LogP contribution in [0.25, 0.3) is 0 Å². The maximum Gasteiger partial charge on any atom is 0.387 e. The lowest BCUT2D eigenvalue weighted by atomic mass is 9.79. The highest BCUT2D eigenvalue weighted by Gasteiger charge is 2.21. The van der Waals surface area contributed by atoms with E-state index in [0.717, 1.165) is 37.5 Å². The maximum atomic E-state index is 12.0. The third-order valence-corrected chi connectivity index (χ3v) is 3.54. The molecule has 1 aliphatic carbocycles. The Morgan fingerprint density at radius 2 is 1.72 bits per heavy atom. The summed E-state index contributed by atoms with van der Waals surface area (Å²) in [5.41, 5.74) is 1.14. The van der Waals surface area contributed by atoms with Gasteiger partial charge in [-0.2, -0.15) is 8.78 Å². The normalized spacial score (nSPS) is 23.9. The summed E-state index contributed by atoms with van der Waals surface area (Å²) in [6.07, 6.45) is 4.85. The van der Waals surface area contributed by atoms with Crippen molar-refractivity contribution >= 4 is 6.29 Å². The van der Waals surface area contributed by atoms with Gasteiger partial charge in [0.2, 0.25) is 0 Å². The number of benzene rings is 1. The molecule has 1 saturated carbocycles. The number of ether oxygens (including phenoxy) is 1. The maximum absolute atomic E-state index is 12.0. The van der Waals surface area contributed by atoms with Crippen LogP contribution in [0.2, 0.25) is 0 Å². The monoisotopic (exact) mass is 254 g/mol. The smallest absolute Gasteiger partial charge is 0.387 e. The van der Waals surface area contributed by atoms with Gasteiger partial charge in [0, 0.05) is 5.92 Å². The highest BCUT2D eigenvalue weighted by Crippen LogP contribution is 2.35. The molecule has 1 aromatic rings. The largest absolute Gasteiger partial charge is 0.435 e. The minimum absolute atomic E-state index is 0.190. The van der Waals surface area contributed by atoms with Crippen LogP contribution in [-0.4, -0.2) is 12.9 Å². The van der Waals surface area contributed by atoms with Gasteiger partial charge in [0.05, 0.1) is 0 Å². The minimum atomic E-state index is -2.78. The fraction of sp³-hybridized carbons (Fsp3) is 0.500. The van der Waals surface area contributed by atoms with Gasteiger partial charge in [0.15, 0.2) is 0 Å². The third-order valence-electron chi connectivity index (χ3n) is 3.54. The Bertz CT molecular complexity index is 381. The molecular weight excluding hydrogens is 238 g/mol. The van der Waals surface area contributed by atoms with Gasteiger partial charge >= 0.3 is 6.61 Å². The van der Waals surface area contributed by atoms with Gasteiger partial charge in [-0.25, -0.2) is 0 Å². The first kappa shape index (κ1) is 13.0. The highest BCUT2D eigenvalue weighted by molar-refractivity contribution is 5.53. The third kappa shape index (κ3) is 3.28. The van der Waals surface area contributed by atoms with E-state index in [9.17, 15) is 13.6 Å². The van der Waals surface area contributed by atoms with Crippen LogP contribution < -0.4 is 4.74 Å². The van der Waals surface area contributed by atoms with Crippen LogP contribution in [0.15, 0.2) is 24.3 Å². The van der Waals surface area contributed by atoms with Gasteiger partial charge in [0.25, 0.3) is 0 Å². The second-order valence-corrected chi connectivity index (χ2v) is 4.70. The summed E-state index contributed by atoms with van der Waals surface area (Å²) in [5.74, 6) is 0.819. The number of carbonyl (C=O) groups excluding carboxylic acids is 1. The Kier molecular flexibility index (Phi) is 4.28. The van der Waals surface area contributed by atoms with E-state index in [2.05, 4.69) is 4.74 Å². The van der Waals surface area contributed by atoms with E-state index in [-0.39, 0.29) is 11.7 Å². The molecule has 0 spiro atoms. The summed E-state index contributed by atoms with van der Waals surface area (Å²) < 4.78 is 28.3. The first-order valence-corrected chi connectivity index (χ1v) is 6.19. The molecule has 1 aromatic carbocycles. The molecule has 0 radical (unpaired) electrons. The summed E-state index contributed by atoms with van der Waals surface area (Å²) in [7, 11) is 0. The number of hydrogen-bond donors (Lipinski definition) is 0. The molecule has 98 valence electrons. The van der Waals surface area contributed by atoms with Crippen LogP contribution >= 0.6 is 0 Å². The van der Waals surface area contributed by atoms with Crippen molar-refractivity contribution in [1.82, 2.24) is 0 Å². The molecule has 0 aromatic heterocycles. The molecular formula is C14H16F2O2. The van der Waals surface area contributed by atoms with Gasteiger partial charge < -0.3 is 9.53 Å². The van der Waals surface area contributed by atoms with E-state index < -0.39 is 6.61 Å². The van der Waals surface area contributed by atoms with Crippen LogP contribution in [0, 0.1) is 5.92 Å². The summed E-state index contributed by atoms with van der Waals surface area (Å²) in [5, 5.41) is 0. The van der Waals surface area contributed by atoms with Crippen molar-refractivity contribution in [1.29, 1.82) is 0 Å². The lowest BCUT2D eigenvalue weighted by Crippen LogP contribution is -2.14. The summed E-state index contributed by atoms with van der Waals surface area (Å²) in [6.45, 7) is -2.78. The zero-order valence-electron chi connectivity index (χ0n) is 10.0. The van der Waals surface area contributed by atoms with E-state index >= 15 is 0 Å². The highest BCUT2D eigenvalue weighted by atomic mass is 19.3. The van der Waals surface area contributed by atoms with Crippen molar-refractivity contribution in [2.24, 2.45) is 5.92 Å². The minimum Gasteiger partial charge on any atom is -0.435 e. The fourth-order valence-electron chi connectivity index (χ4n) is 2.51. The molecule has 18 heavy (non-hydrogen) atoms. The quantitative estimate of drug-likeness (QED) is 0.765. The van der Waals surface area contributed by atoms with E-state index in [1.165, 1.54) is 0 Å². The predicted molar refractivity (Wildman–Crippen MR) is 63.8 cm³/mol. The van der Waals surface area contributed by atoms with Crippen LogP contribution in [0.5, 0.6) is 5.75 Å². The summed E-state index contributed by atoms with van der Waals surface area (Å²) in [6, 6.07) is 6.83. The molecule has 0 amide bonds. The zero-order chi connectivity index (χ0) is 13.0. The van der Waals surface area contributed by atoms with Gasteiger partial charge in [0.1, 0.15) is 12.0 Å². The van der Waals surface area contributed by atoms with Gasteiger partial charge in [-0.3, -0.25) is 0 Å². The van der Waals surface area contributed by atoms with E-state index in [0.29, 0.717) is 5.92 Å². The van der Waals surface area contributed by atoms with Crippen molar-refractivity contribution in [3.63, 3.8) is 0 Å². The summed E-state index contributed by atoms with van der Waals surface area (Å²) in [4.78, 5) is 10.7. The molecule has 1 fully saturated rings. The number of hydrogen-bond acceptors (Lipinski definition) is 2. The molecule has 4 heteroatoms. The lowest BCUT2D eigenvalue weighted by Gasteiger charge is -2.25. The number of aldehydes is 1. The van der Waals surface area contributed by atoms with Gasteiger partial charge in [-0.05, 0) is 49.3 Å². The number of halogens is 2.